The van der Waals surface area contributed by atoms with E-state index in [1.165, 1.54) is 6.42 Å². The molecule has 0 aliphatic carbocycles. The molecule has 6 heteroatoms. The van der Waals surface area contributed by atoms with Gasteiger partial charge in [-0.25, -0.2) is 9.37 Å². The molecule has 182 valence electrons. The Morgan fingerprint density at radius 2 is 1.94 bits per heavy atom. The van der Waals surface area contributed by atoms with Crippen LogP contribution < -0.4 is 10.2 Å². The van der Waals surface area contributed by atoms with E-state index in [1.807, 2.05) is 58.3 Å². The Balaban J connectivity index is 0.00000129. The number of rotatable bonds is 8. The predicted molar refractivity (Wildman–Crippen MR) is 144 cm³/mol. The maximum atomic E-state index is 15.0. The van der Waals surface area contributed by atoms with Crippen molar-refractivity contribution in [1.29, 1.82) is 0 Å². The van der Waals surface area contributed by atoms with Crippen molar-refractivity contribution in [2.75, 3.05) is 25.5 Å². The highest BCUT2D eigenvalue weighted by Crippen LogP contribution is 2.31. The third-order valence-electron chi connectivity index (χ3n) is 5.36. The van der Waals surface area contributed by atoms with Gasteiger partial charge in [0.05, 0.1) is 11.4 Å². The van der Waals surface area contributed by atoms with E-state index in [9.17, 15) is 4.39 Å². The zero-order valence-electron chi connectivity index (χ0n) is 21.6. The summed E-state index contributed by atoms with van der Waals surface area (Å²) in [5, 5.41) is 10.6. The standard InChI is InChI=1S/C25H30FN5.C3H8/c1-7-21-19(13-17(4)24-16(3)12-18(15-27-5)14-20(24)26)25(30-29-21)22-10-9-11-23(28-22)31(6)8-2;1-3-2/h7,9-14,27H,1,8,15H2,2-6H3,(H,29,30);3H2,1-2H3/b17-13+;. The number of nitrogens with one attached hydrogen (secondary N) is 2. The van der Waals surface area contributed by atoms with Gasteiger partial charge in [-0.3, -0.25) is 5.10 Å². The molecule has 2 aromatic heterocycles. The van der Waals surface area contributed by atoms with Crippen LogP contribution in [0.4, 0.5) is 10.2 Å². The monoisotopic (exact) mass is 463 g/mol. The van der Waals surface area contributed by atoms with Crippen molar-refractivity contribution in [3.8, 4) is 11.4 Å². The van der Waals surface area contributed by atoms with E-state index in [1.54, 1.807) is 12.1 Å². The highest BCUT2D eigenvalue weighted by Gasteiger charge is 2.16. The molecule has 1 aromatic carbocycles. The molecule has 34 heavy (non-hydrogen) atoms. The minimum Gasteiger partial charge on any atom is -0.360 e. The Labute approximate surface area is 203 Å². The van der Waals surface area contributed by atoms with Crippen molar-refractivity contribution in [3.05, 3.63) is 70.7 Å². The van der Waals surface area contributed by atoms with Crippen LogP contribution in [0.15, 0.2) is 36.9 Å². The molecule has 0 amide bonds. The van der Waals surface area contributed by atoms with Gasteiger partial charge in [0.1, 0.15) is 17.3 Å². The van der Waals surface area contributed by atoms with Crippen molar-refractivity contribution in [2.24, 2.45) is 0 Å². The van der Waals surface area contributed by atoms with Crippen LogP contribution in [0, 0.1) is 12.7 Å². The molecular formula is C28H38FN5. The first kappa shape index (κ1) is 27.0. The molecule has 0 spiro atoms. The van der Waals surface area contributed by atoms with E-state index in [4.69, 9.17) is 4.98 Å². The molecule has 0 fully saturated rings. The summed E-state index contributed by atoms with van der Waals surface area (Å²) in [5.41, 5.74) is 6.32. The Bertz CT molecular complexity index is 1110. The van der Waals surface area contributed by atoms with Crippen LogP contribution in [-0.2, 0) is 6.54 Å². The smallest absolute Gasteiger partial charge is 0.131 e. The largest absolute Gasteiger partial charge is 0.360 e. The zero-order valence-corrected chi connectivity index (χ0v) is 21.6. The second-order valence-corrected chi connectivity index (χ2v) is 8.33. The molecule has 2 heterocycles. The number of pyridine rings is 1. The summed E-state index contributed by atoms with van der Waals surface area (Å²) in [5.74, 6) is 0.644. The van der Waals surface area contributed by atoms with Crippen LogP contribution in [0.25, 0.3) is 29.1 Å². The van der Waals surface area contributed by atoms with E-state index in [-0.39, 0.29) is 5.82 Å². The van der Waals surface area contributed by atoms with E-state index in [0.717, 1.165) is 46.0 Å². The summed E-state index contributed by atoms with van der Waals surface area (Å²) in [6, 6.07) is 9.48. The molecule has 0 aliphatic heterocycles. The van der Waals surface area contributed by atoms with Gasteiger partial charge in [-0.05, 0) is 74.9 Å². The number of allylic oxidation sites excluding steroid dienone is 1. The van der Waals surface area contributed by atoms with Crippen molar-refractivity contribution in [3.63, 3.8) is 0 Å². The minimum atomic E-state index is -0.228. The molecular weight excluding hydrogens is 425 g/mol. The van der Waals surface area contributed by atoms with Crippen molar-refractivity contribution < 1.29 is 4.39 Å². The Hall–Kier alpha value is -3.25. The lowest BCUT2D eigenvalue weighted by molar-refractivity contribution is 0.618. The van der Waals surface area contributed by atoms with Crippen LogP contribution in [0.3, 0.4) is 0 Å². The van der Waals surface area contributed by atoms with Gasteiger partial charge in [0.15, 0.2) is 0 Å². The molecule has 0 radical (unpaired) electrons. The van der Waals surface area contributed by atoms with Crippen molar-refractivity contribution in [1.82, 2.24) is 20.5 Å². The number of aryl methyl sites for hydroxylation is 1. The summed E-state index contributed by atoms with van der Waals surface area (Å²) < 4.78 is 15.0. The van der Waals surface area contributed by atoms with Crippen LogP contribution in [0.5, 0.6) is 0 Å². The average molecular weight is 464 g/mol. The quantitative estimate of drug-likeness (QED) is 0.390. The van der Waals surface area contributed by atoms with E-state index in [0.29, 0.717) is 17.8 Å². The minimum absolute atomic E-state index is 0.228. The number of hydrogen-bond acceptors (Lipinski definition) is 4. The summed E-state index contributed by atoms with van der Waals surface area (Å²) in [6.45, 7) is 15.6. The fourth-order valence-electron chi connectivity index (χ4n) is 3.70. The Morgan fingerprint density at radius 3 is 2.53 bits per heavy atom. The summed E-state index contributed by atoms with van der Waals surface area (Å²) >= 11 is 0. The first-order valence-corrected chi connectivity index (χ1v) is 11.8. The molecule has 2 N–H and O–H groups in total. The number of H-pyrrole nitrogens is 1. The molecule has 5 nitrogen and oxygen atoms in total. The van der Waals surface area contributed by atoms with Gasteiger partial charge in [-0.1, -0.05) is 39.0 Å². The SMILES string of the molecule is C=Cc1[nH]nc(-c2cccc(N(C)CC)n2)c1/C=C(\C)c1c(C)cc(CNC)cc1F.CCC. The van der Waals surface area contributed by atoms with Crippen LogP contribution in [0.1, 0.15) is 62.1 Å². The van der Waals surface area contributed by atoms with Crippen LogP contribution >= 0.6 is 0 Å². The number of aromatic amines is 1. The number of hydrogen-bond donors (Lipinski definition) is 2. The number of aromatic nitrogens is 3. The Morgan fingerprint density at radius 1 is 1.24 bits per heavy atom. The van der Waals surface area contributed by atoms with Gasteiger partial charge in [0.25, 0.3) is 0 Å². The fraction of sp³-hybridized carbons (Fsp3) is 0.357. The summed E-state index contributed by atoms with van der Waals surface area (Å²) in [7, 11) is 3.85. The zero-order chi connectivity index (χ0) is 25.3. The maximum Gasteiger partial charge on any atom is 0.131 e. The summed E-state index contributed by atoms with van der Waals surface area (Å²) in [4.78, 5) is 6.83. The van der Waals surface area contributed by atoms with E-state index in [2.05, 4.69) is 47.8 Å². The predicted octanol–water partition coefficient (Wildman–Crippen LogP) is 6.71. The molecule has 0 atom stereocenters. The lowest BCUT2D eigenvalue weighted by Crippen LogP contribution is -2.17. The molecule has 0 bridgehead atoms. The fourth-order valence-corrected chi connectivity index (χ4v) is 3.70. The van der Waals surface area contributed by atoms with E-state index < -0.39 is 0 Å². The molecule has 0 saturated heterocycles. The average Bonchev–Trinajstić information content (AvgIpc) is 3.21. The maximum absolute atomic E-state index is 15.0. The molecule has 3 aromatic rings. The topological polar surface area (TPSA) is 56.8 Å². The Kier molecular flexibility index (Phi) is 10.2. The second-order valence-electron chi connectivity index (χ2n) is 8.33. The first-order chi connectivity index (χ1) is 16.3. The summed E-state index contributed by atoms with van der Waals surface area (Å²) in [6.07, 6.45) is 4.92. The van der Waals surface area contributed by atoms with Gasteiger partial charge in [-0.15, -0.1) is 0 Å². The normalized spacial score (nSPS) is 11.1. The first-order valence-electron chi connectivity index (χ1n) is 11.8. The lowest BCUT2D eigenvalue weighted by Gasteiger charge is -2.16. The van der Waals surface area contributed by atoms with Crippen LogP contribution in [0.2, 0.25) is 0 Å². The van der Waals surface area contributed by atoms with Gasteiger partial charge in [-0.2, -0.15) is 5.10 Å². The molecule has 0 saturated carbocycles. The van der Waals surface area contributed by atoms with Gasteiger partial charge in [0.2, 0.25) is 0 Å². The van der Waals surface area contributed by atoms with Crippen molar-refractivity contribution in [2.45, 2.75) is 47.6 Å². The van der Waals surface area contributed by atoms with Gasteiger partial charge >= 0.3 is 0 Å². The molecule has 3 rings (SSSR count). The van der Waals surface area contributed by atoms with Gasteiger partial charge < -0.3 is 10.2 Å². The van der Waals surface area contributed by atoms with Crippen LogP contribution in [-0.4, -0.2) is 35.8 Å². The number of benzene rings is 1. The van der Waals surface area contributed by atoms with Gasteiger partial charge in [0, 0.05) is 31.3 Å². The molecule has 0 aliphatic rings. The highest BCUT2D eigenvalue weighted by molar-refractivity contribution is 5.88. The van der Waals surface area contributed by atoms with E-state index >= 15 is 0 Å². The third-order valence-corrected chi connectivity index (χ3v) is 5.36. The lowest BCUT2D eigenvalue weighted by atomic mass is 9.96. The number of nitrogens with zero attached hydrogens (tertiary/aromatic N) is 3. The highest BCUT2D eigenvalue weighted by atomic mass is 19.1. The van der Waals surface area contributed by atoms with Crippen molar-refractivity contribution >= 4 is 23.5 Å². The number of anilines is 1. The number of halogens is 1. The molecule has 0 unspecified atom stereocenters. The second kappa shape index (κ2) is 12.8. The third kappa shape index (κ3) is 6.41.